The van der Waals surface area contributed by atoms with Crippen molar-refractivity contribution in [3.63, 3.8) is 0 Å². The molecule has 33 heavy (non-hydrogen) atoms. The van der Waals surface area contributed by atoms with Gasteiger partial charge in [0.15, 0.2) is 0 Å². The number of benzene rings is 1. The fraction of sp³-hybridized carbons (Fsp3) is 0.704. The second kappa shape index (κ2) is 10.9. The van der Waals surface area contributed by atoms with Gasteiger partial charge in [-0.25, -0.2) is 4.79 Å². The lowest BCUT2D eigenvalue weighted by Crippen LogP contribution is -2.51. The van der Waals surface area contributed by atoms with Crippen molar-refractivity contribution < 1.29 is 19.1 Å². The zero-order chi connectivity index (χ0) is 24.2. The maximum atomic E-state index is 13.5. The van der Waals surface area contributed by atoms with E-state index in [0.717, 1.165) is 12.0 Å². The van der Waals surface area contributed by atoms with E-state index in [4.69, 9.17) is 9.47 Å². The van der Waals surface area contributed by atoms with Gasteiger partial charge in [0, 0.05) is 14.1 Å². The predicted octanol–water partition coefficient (Wildman–Crippen LogP) is 5.46. The van der Waals surface area contributed by atoms with Crippen LogP contribution >= 0.6 is 0 Å². The molecule has 1 aliphatic heterocycles. The van der Waals surface area contributed by atoms with E-state index in [1.807, 2.05) is 44.2 Å². The molecule has 3 rings (SSSR count). The van der Waals surface area contributed by atoms with Crippen LogP contribution in [0.15, 0.2) is 30.3 Å². The van der Waals surface area contributed by atoms with Crippen molar-refractivity contribution >= 4 is 12.0 Å². The molecule has 1 saturated carbocycles. The molecule has 3 atom stereocenters. The molecule has 1 heterocycles. The molecule has 6 nitrogen and oxygen atoms in total. The van der Waals surface area contributed by atoms with Gasteiger partial charge in [0.25, 0.3) is 0 Å². The van der Waals surface area contributed by atoms with Gasteiger partial charge in [-0.05, 0) is 37.7 Å². The Hall–Kier alpha value is -2.08. The molecule has 0 aromatic heterocycles. The number of carbonyl (C=O) groups excluding carboxylic acids is 2. The van der Waals surface area contributed by atoms with Gasteiger partial charge in [-0.2, -0.15) is 0 Å². The van der Waals surface area contributed by atoms with Crippen LogP contribution in [-0.2, 0) is 20.9 Å². The van der Waals surface area contributed by atoms with E-state index in [1.165, 1.54) is 32.1 Å². The molecule has 184 valence electrons. The molecular weight excluding hydrogens is 416 g/mol. The Balaban J connectivity index is 1.88. The number of nitrogens with zero attached hydrogens (tertiary/aromatic N) is 2. The third-order valence-electron chi connectivity index (χ3n) is 7.22. The smallest absolute Gasteiger partial charge is 0.412 e. The first-order valence-electron chi connectivity index (χ1n) is 12.5. The van der Waals surface area contributed by atoms with Gasteiger partial charge in [0.1, 0.15) is 12.3 Å². The Bertz CT molecular complexity index is 787. The highest BCUT2D eigenvalue weighted by Gasteiger charge is 2.55. The predicted molar refractivity (Wildman–Crippen MR) is 129 cm³/mol. The van der Waals surface area contributed by atoms with Crippen molar-refractivity contribution in [2.75, 3.05) is 14.1 Å². The Morgan fingerprint density at radius 3 is 2.33 bits per heavy atom. The van der Waals surface area contributed by atoms with Crippen LogP contribution in [0, 0.1) is 17.8 Å². The molecule has 2 amide bonds. The Kier molecular flexibility index (Phi) is 8.43. The molecule has 1 aromatic rings. The fourth-order valence-corrected chi connectivity index (χ4v) is 5.58. The number of carbonyl (C=O) groups is 2. The van der Waals surface area contributed by atoms with Gasteiger partial charge < -0.3 is 14.4 Å². The highest BCUT2D eigenvalue weighted by atomic mass is 16.6. The molecule has 2 aliphatic rings. The van der Waals surface area contributed by atoms with Crippen LogP contribution in [0.4, 0.5) is 4.79 Å². The molecule has 0 radical (unpaired) electrons. The second-order valence-corrected chi connectivity index (χ2v) is 10.7. The zero-order valence-electron chi connectivity index (χ0n) is 21.3. The van der Waals surface area contributed by atoms with Crippen LogP contribution in [0.1, 0.15) is 71.8 Å². The number of amides is 2. The van der Waals surface area contributed by atoms with E-state index < -0.39 is 5.72 Å². The SMILES string of the molecule is CC(C)[C@H](C(=O)N(C)C)[C@@H]1OC(C)(C)N(C(=O)OCc2ccccc2)[C@H]1CC1CCCCC1. The Labute approximate surface area is 199 Å². The van der Waals surface area contributed by atoms with Crippen LogP contribution in [0.5, 0.6) is 0 Å². The van der Waals surface area contributed by atoms with Gasteiger partial charge in [-0.3, -0.25) is 9.69 Å². The van der Waals surface area contributed by atoms with Crippen molar-refractivity contribution in [3.8, 4) is 0 Å². The topological polar surface area (TPSA) is 59.1 Å². The molecule has 2 fully saturated rings. The van der Waals surface area contributed by atoms with E-state index >= 15 is 0 Å². The molecule has 0 bridgehead atoms. The lowest BCUT2D eigenvalue weighted by molar-refractivity contribution is -0.144. The van der Waals surface area contributed by atoms with Crippen molar-refractivity contribution in [2.45, 2.75) is 90.7 Å². The van der Waals surface area contributed by atoms with Gasteiger partial charge in [-0.1, -0.05) is 76.3 Å². The fourth-order valence-electron chi connectivity index (χ4n) is 5.58. The standard InChI is InChI=1S/C27H42N2O4/c1-19(2)23(25(30)28(5)6)24-22(17-20-13-9-7-10-14-20)29(27(3,4)33-24)26(31)32-18-21-15-11-8-12-16-21/h8,11-12,15-16,19-20,22-24H,7,9-10,13-14,17-18H2,1-6H3/t22-,23-,24+/m0/s1. The molecule has 1 aliphatic carbocycles. The molecule has 0 N–H and O–H groups in total. The largest absolute Gasteiger partial charge is 0.444 e. The third kappa shape index (κ3) is 6.08. The highest BCUT2D eigenvalue weighted by Crippen LogP contribution is 2.43. The Morgan fingerprint density at radius 1 is 1.12 bits per heavy atom. The average Bonchev–Trinajstić information content (AvgIpc) is 3.03. The first-order chi connectivity index (χ1) is 15.6. The average molecular weight is 459 g/mol. The first-order valence-corrected chi connectivity index (χ1v) is 12.5. The quantitative estimate of drug-likeness (QED) is 0.544. The normalized spacial score (nSPS) is 24.0. The monoisotopic (exact) mass is 458 g/mol. The molecule has 1 aromatic carbocycles. The molecule has 6 heteroatoms. The summed E-state index contributed by atoms with van der Waals surface area (Å²) in [6.07, 6.45) is 6.20. The van der Waals surface area contributed by atoms with Gasteiger partial charge in [-0.15, -0.1) is 0 Å². The summed E-state index contributed by atoms with van der Waals surface area (Å²) in [4.78, 5) is 30.1. The zero-order valence-corrected chi connectivity index (χ0v) is 21.3. The summed E-state index contributed by atoms with van der Waals surface area (Å²) in [6, 6.07) is 9.53. The lowest BCUT2D eigenvalue weighted by Gasteiger charge is -2.36. The number of hydrogen-bond donors (Lipinski definition) is 0. The summed E-state index contributed by atoms with van der Waals surface area (Å²) < 4.78 is 12.3. The minimum Gasteiger partial charge on any atom is -0.444 e. The number of hydrogen-bond acceptors (Lipinski definition) is 4. The second-order valence-electron chi connectivity index (χ2n) is 10.7. The van der Waals surface area contributed by atoms with Crippen molar-refractivity contribution in [1.29, 1.82) is 0 Å². The molecule has 1 saturated heterocycles. The van der Waals surface area contributed by atoms with E-state index in [2.05, 4.69) is 13.8 Å². The number of rotatable bonds is 7. The Morgan fingerprint density at radius 2 is 1.76 bits per heavy atom. The minimum atomic E-state index is -0.850. The summed E-state index contributed by atoms with van der Waals surface area (Å²) in [5, 5.41) is 0. The van der Waals surface area contributed by atoms with Gasteiger partial charge >= 0.3 is 6.09 Å². The van der Waals surface area contributed by atoms with E-state index in [9.17, 15) is 9.59 Å². The van der Waals surface area contributed by atoms with Crippen molar-refractivity contribution in [2.24, 2.45) is 17.8 Å². The maximum absolute atomic E-state index is 13.5. The van der Waals surface area contributed by atoms with Crippen LogP contribution in [-0.4, -0.2) is 53.8 Å². The molecule has 0 spiro atoms. The maximum Gasteiger partial charge on any atom is 0.412 e. The lowest BCUT2D eigenvalue weighted by atomic mass is 9.79. The summed E-state index contributed by atoms with van der Waals surface area (Å²) in [6.45, 7) is 8.19. The van der Waals surface area contributed by atoms with E-state index in [0.29, 0.717) is 5.92 Å². The highest BCUT2D eigenvalue weighted by molar-refractivity contribution is 5.79. The van der Waals surface area contributed by atoms with Gasteiger partial charge in [0.05, 0.1) is 18.1 Å². The molecular formula is C27H42N2O4. The molecule has 0 unspecified atom stereocenters. The van der Waals surface area contributed by atoms with Crippen LogP contribution in [0.2, 0.25) is 0 Å². The van der Waals surface area contributed by atoms with Crippen molar-refractivity contribution in [1.82, 2.24) is 9.80 Å². The van der Waals surface area contributed by atoms with Crippen molar-refractivity contribution in [3.05, 3.63) is 35.9 Å². The van der Waals surface area contributed by atoms with E-state index in [-0.39, 0.29) is 42.6 Å². The summed E-state index contributed by atoms with van der Waals surface area (Å²) >= 11 is 0. The minimum absolute atomic E-state index is 0.0546. The van der Waals surface area contributed by atoms with Crippen LogP contribution < -0.4 is 0 Å². The van der Waals surface area contributed by atoms with Crippen LogP contribution in [0.25, 0.3) is 0 Å². The van der Waals surface area contributed by atoms with Gasteiger partial charge in [0.2, 0.25) is 5.91 Å². The summed E-state index contributed by atoms with van der Waals surface area (Å²) in [7, 11) is 3.58. The number of ether oxygens (including phenoxy) is 2. The summed E-state index contributed by atoms with van der Waals surface area (Å²) in [5.41, 5.74) is 0.101. The van der Waals surface area contributed by atoms with Crippen LogP contribution in [0.3, 0.4) is 0 Å². The first kappa shape index (κ1) is 25.5. The third-order valence-corrected chi connectivity index (χ3v) is 7.22. The van der Waals surface area contributed by atoms with E-state index in [1.54, 1.807) is 23.9 Å². The summed E-state index contributed by atoms with van der Waals surface area (Å²) in [5.74, 6) is 0.365.